The Morgan fingerprint density at radius 3 is 2.78 bits per heavy atom. The van der Waals surface area contributed by atoms with Gasteiger partial charge in [0.1, 0.15) is 0 Å². The highest BCUT2D eigenvalue weighted by molar-refractivity contribution is 5.76. The molecule has 1 aliphatic heterocycles. The van der Waals surface area contributed by atoms with Crippen molar-refractivity contribution < 1.29 is 14.7 Å². The van der Waals surface area contributed by atoms with E-state index >= 15 is 0 Å². The number of likely N-dealkylation sites (tertiary alicyclic amines) is 1. The topological polar surface area (TPSA) is 69.6 Å². The molecule has 1 unspecified atom stereocenters. The second kappa shape index (κ2) is 5.89. The first-order chi connectivity index (χ1) is 8.66. The van der Waals surface area contributed by atoms with Crippen molar-refractivity contribution in [1.29, 1.82) is 0 Å². The summed E-state index contributed by atoms with van der Waals surface area (Å²) < 4.78 is 0. The van der Waals surface area contributed by atoms with Crippen LogP contribution in [0.15, 0.2) is 12.2 Å². The van der Waals surface area contributed by atoms with Crippen molar-refractivity contribution >= 4 is 12.0 Å². The van der Waals surface area contributed by atoms with E-state index in [1.165, 1.54) is 0 Å². The molecule has 5 nitrogen and oxygen atoms in total. The number of hydrogen-bond donors (Lipinski definition) is 2. The van der Waals surface area contributed by atoms with Crippen LogP contribution in [0, 0.1) is 5.92 Å². The highest BCUT2D eigenvalue weighted by atomic mass is 16.4. The molecule has 0 bridgehead atoms. The van der Waals surface area contributed by atoms with E-state index in [1.807, 2.05) is 0 Å². The van der Waals surface area contributed by atoms with Gasteiger partial charge in [-0.2, -0.15) is 0 Å². The molecule has 0 aromatic carbocycles. The van der Waals surface area contributed by atoms with Gasteiger partial charge in [-0.3, -0.25) is 4.79 Å². The zero-order chi connectivity index (χ0) is 13.0. The molecule has 0 spiro atoms. The number of carboxylic acids is 1. The van der Waals surface area contributed by atoms with Gasteiger partial charge in [0.05, 0.1) is 5.92 Å². The van der Waals surface area contributed by atoms with Crippen molar-refractivity contribution in [3.63, 3.8) is 0 Å². The fraction of sp³-hybridized carbons (Fsp3) is 0.692. The number of hydrogen-bond acceptors (Lipinski definition) is 2. The summed E-state index contributed by atoms with van der Waals surface area (Å²) in [6.07, 6.45) is 8.51. The normalized spacial score (nSPS) is 27.9. The van der Waals surface area contributed by atoms with E-state index in [9.17, 15) is 9.59 Å². The van der Waals surface area contributed by atoms with E-state index in [2.05, 4.69) is 17.5 Å². The summed E-state index contributed by atoms with van der Waals surface area (Å²) in [5, 5.41) is 12.0. The van der Waals surface area contributed by atoms with E-state index in [1.54, 1.807) is 4.90 Å². The Labute approximate surface area is 107 Å². The molecule has 0 radical (unpaired) electrons. The van der Waals surface area contributed by atoms with Crippen LogP contribution >= 0.6 is 0 Å². The third kappa shape index (κ3) is 3.24. The first-order valence-corrected chi connectivity index (χ1v) is 6.60. The maximum absolute atomic E-state index is 12.0. The number of rotatable bonds is 2. The van der Waals surface area contributed by atoms with E-state index in [-0.39, 0.29) is 12.1 Å². The van der Waals surface area contributed by atoms with Crippen LogP contribution in [-0.4, -0.2) is 41.1 Å². The Kier molecular flexibility index (Phi) is 4.23. The second-order valence-electron chi connectivity index (χ2n) is 5.05. The summed E-state index contributed by atoms with van der Waals surface area (Å²) in [4.78, 5) is 24.6. The quantitative estimate of drug-likeness (QED) is 0.733. The lowest BCUT2D eigenvalue weighted by Crippen LogP contribution is -2.49. The van der Waals surface area contributed by atoms with Crippen molar-refractivity contribution in [3.8, 4) is 0 Å². The number of carboxylic acid groups (broad SMARTS) is 1. The molecular formula is C13H20N2O3. The van der Waals surface area contributed by atoms with Crippen molar-refractivity contribution in [2.24, 2.45) is 5.92 Å². The van der Waals surface area contributed by atoms with Crippen LogP contribution in [0.2, 0.25) is 0 Å². The third-order valence-corrected chi connectivity index (χ3v) is 3.65. The van der Waals surface area contributed by atoms with Gasteiger partial charge in [-0.15, -0.1) is 0 Å². The lowest BCUT2D eigenvalue weighted by molar-refractivity contribution is -0.143. The SMILES string of the molecule is O=C(O)[C@H]1CCCN(C(=O)NC2CC=CCC2)C1. The van der Waals surface area contributed by atoms with E-state index < -0.39 is 11.9 Å². The Morgan fingerprint density at radius 1 is 1.28 bits per heavy atom. The number of allylic oxidation sites excluding steroid dienone is 1. The Hall–Kier alpha value is -1.52. The maximum atomic E-state index is 12.0. The summed E-state index contributed by atoms with van der Waals surface area (Å²) in [6, 6.07) is 0.0916. The van der Waals surface area contributed by atoms with Gasteiger partial charge in [-0.25, -0.2) is 4.79 Å². The first-order valence-electron chi connectivity index (χ1n) is 6.60. The molecule has 18 heavy (non-hydrogen) atoms. The maximum Gasteiger partial charge on any atom is 0.317 e. The van der Waals surface area contributed by atoms with Gasteiger partial charge in [-0.05, 0) is 32.1 Å². The third-order valence-electron chi connectivity index (χ3n) is 3.65. The average molecular weight is 252 g/mol. The summed E-state index contributed by atoms with van der Waals surface area (Å²) >= 11 is 0. The number of amides is 2. The first kappa shape index (κ1) is 12.9. The van der Waals surface area contributed by atoms with Crippen LogP contribution in [0.5, 0.6) is 0 Å². The summed E-state index contributed by atoms with van der Waals surface area (Å²) in [5.74, 6) is -1.20. The fourth-order valence-corrected chi connectivity index (χ4v) is 2.55. The van der Waals surface area contributed by atoms with E-state index in [4.69, 9.17) is 5.11 Å². The number of aliphatic carboxylic acids is 1. The van der Waals surface area contributed by atoms with Gasteiger partial charge in [0, 0.05) is 19.1 Å². The lowest BCUT2D eigenvalue weighted by atomic mass is 9.98. The molecule has 0 aromatic rings. The second-order valence-corrected chi connectivity index (χ2v) is 5.05. The molecule has 5 heteroatoms. The van der Waals surface area contributed by atoms with Gasteiger partial charge >= 0.3 is 12.0 Å². The Balaban J connectivity index is 1.84. The smallest absolute Gasteiger partial charge is 0.317 e. The number of carbonyl (C=O) groups excluding carboxylic acids is 1. The zero-order valence-corrected chi connectivity index (χ0v) is 10.5. The highest BCUT2D eigenvalue weighted by Crippen LogP contribution is 2.17. The monoisotopic (exact) mass is 252 g/mol. The molecule has 0 saturated carbocycles. The summed E-state index contributed by atoms with van der Waals surface area (Å²) in [6.45, 7) is 1.00. The van der Waals surface area contributed by atoms with Crippen molar-refractivity contribution in [2.75, 3.05) is 13.1 Å². The number of nitrogens with zero attached hydrogens (tertiary/aromatic N) is 1. The number of piperidine rings is 1. The molecule has 2 amide bonds. The van der Waals surface area contributed by atoms with Crippen molar-refractivity contribution in [3.05, 3.63) is 12.2 Å². The molecule has 1 saturated heterocycles. The average Bonchev–Trinajstić information content (AvgIpc) is 2.40. The predicted octanol–water partition coefficient (Wildman–Crippen LogP) is 1.60. The molecule has 2 rings (SSSR count). The standard InChI is InChI=1S/C13H20N2O3/c16-12(17)10-5-4-8-15(9-10)13(18)14-11-6-2-1-3-7-11/h1-2,10-11H,3-9H2,(H,14,18)(H,16,17)/t10-,11?/m0/s1. The van der Waals surface area contributed by atoms with Crippen LogP contribution < -0.4 is 5.32 Å². The molecule has 2 aliphatic rings. The van der Waals surface area contributed by atoms with Gasteiger partial charge in [0.15, 0.2) is 0 Å². The lowest BCUT2D eigenvalue weighted by Gasteiger charge is -2.32. The van der Waals surface area contributed by atoms with Crippen LogP contribution in [0.25, 0.3) is 0 Å². The number of carbonyl (C=O) groups is 2. The van der Waals surface area contributed by atoms with Gasteiger partial charge in [0.2, 0.25) is 0 Å². The Bertz CT molecular complexity index is 354. The predicted molar refractivity (Wildman–Crippen MR) is 67.2 cm³/mol. The molecule has 0 aromatic heterocycles. The van der Waals surface area contributed by atoms with Crippen LogP contribution in [-0.2, 0) is 4.79 Å². The highest BCUT2D eigenvalue weighted by Gasteiger charge is 2.28. The Morgan fingerprint density at radius 2 is 2.11 bits per heavy atom. The molecule has 2 N–H and O–H groups in total. The summed E-state index contributed by atoms with van der Waals surface area (Å²) in [5.41, 5.74) is 0. The minimum atomic E-state index is -0.798. The molecule has 1 aliphatic carbocycles. The minimum Gasteiger partial charge on any atom is -0.481 e. The zero-order valence-electron chi connectivity index (χ0n) is 10.5. The van der Waals surface area contributed by atoms with E-state index in [0.29, 0.717) is 19.5 Å². The van der Waals surface area contributed by atoms with Gasteiger partial charge in [-0.1, -0.05) is 12.2 Å². The van der Waals surface area contributed by atoms with Gasteiger partial charge in [0.25, 0.3) is 0 Å². The van der Waals surface area contributed by atoms with Crippen LogP contribution in [0.4, 0.5) is 4.79 Å². The van der Waals surface area contributed by atoms with Crippen LogP contribution in [0.1, 0.15) is 32.1 Å². The summed E-state index contributed by atoms with van der Waals surface area (Å²) in [7, 11) is 0. The molecule has 1 fully saturated rings. The molecule has 100 valence electrons. The van der Waals surface area contributed by atoms with Gasteiger partial charge < -0.3 is 15.3 Å². The number of urea groups is 1. The fourth-order valence-electron chi connectivity index (χ4n) is 2.55. The van der Waals surface area contributed by atoms with E-state index in [0.717, 1.165) is 25.7 Å². The minimum absolute atomic E-state index is 0.110. The molecule has 2 atom stereocenters. The molecular weight excluding hydrogens is 232 g/mol. The van der Waals surface area contributed by atoms with Crippen molar-refractivity contribution in [1.82, 2.24) is 10.2 Å². The number of nitrogens with one attached hydrogen (secondary N) is 1. The van der Waals surface area contributed by atoms with Crippen LogP contribution in [0.3, 0.4) is 0 Å². The van der Waals surface area contributed by atoms with Crippen molar-refractivity contribution in [2.45, 2.75) is 38.1 Å². The largest absolute Gasteiger partial charge is 0.481 e. The molecule has 1 heterocycles.